The average Bonchev–Trinajstić information content (AvgIpc) is 2.69. The molecule has 6 nitrogen and oxygen atoms in total. The highest BCUT2D eigenvalue weighted by atomic mass is 16.2. The fourth-order valence-corrected chi connectivity index (χ4v) is 3.74. The standard InChI is InChI=1S/C20H30N4O2/c1-16-4-9-23(10-5-16)15-19(25)24-11-6-18(7-12-24)20(26)22-14-17-3-2-8-21-13-17/h2-3,8,13,16,18H,4-7,9-12,14-15H2,1H3,(H,22,26). The maximum absolute atomic E-state index is 12.5. The second kappa shape index (κ2) is 9.12. The van der Waals surface area contributed by atoms with Gasteiger partial charge < -0.3 is 10.2 Å². The molecule has 1 N–H and O–H groups in total. The summed E-state index contributed by atoms with van der Waals surface area (Å²) in [6.45, 7) is 6.76. The number of carbonyl (C=O) groups is 2. The maximum atomic E-state index is 12.5. The molecule has 1 aromatic heterocycles. The van der Waals surface area contributed by atoms with Crippen LogP contribution in [0, 0.1) is 11.8 Å². The topological polar surface area (TPSA) is 65.5 Å². The Labute approximate surface area is 156 Å². The number of piperidine rings is 2. The quantitative estimate of drug-likeness (QED) is 0.870. The molecule has 6 heteroatoms. The number of amides is 2. The van der Waals surface area contributed by atoms with Crippen LogP contribution in [0.25, 0.3) is 0 Å². The van der Waals surface area contributed by atoms with Crippen LogP contribution in [0.5, 0.6) is 0 Å². The first kappa shape index (κ1) is 18.8. The Balaban J connectivity index is 1.38. The number of carbonyl (C=O) groups excluding carboxylic acids is 2. The van der Waals surface area contributed by atoms with E-state index in [2.05, 4.69) is 22.1 Å². The Morgan fingerprint density at radius 3 is 2.54 bits per heavy atom. The predicted octanol–water partition coefficient (Wildman–Crippen LogP) is 1.67. The minimum absolute atomic E-state index is 0.00607. The molecule has 2 amide bonds. The van der Waals surface area contributed by atoms with Crippen molar-refractivity contribution in [1.29, 1.82) is 0 Å². The molecule has 142 valence electrons. The molecule has 0 radical (unpaired) electrons. The Morgan fingerprint density at radius 1 is 1.15 bits per heavy atom. The molecule has 2 saturated heterocycles. The molecule has 3 rings (SSSR count). The SMILES string of the molecule is CC1CCN(CC(=O)N2CCC(C(=O)NCc3cccnc3)CC2)CC1. The maximum Gasteiger partial charge on any atom is 0.236 e. The van der Waals surface area contributed by atoms with Crippen LogP contribution in [-0.2, 0) is 16.1 Å². The molecule has 1 aromatic rings. The number of hydrogen-bond donors (Lipinski definition) is 1. The van der Waals surface area contributed by atoms with Gasteiger partial charge in [-0.1, -0.05) is 13.0 Å². The van der Waals surface area contributed by atoms with E-state index in [-0.39, 0.29) is 17.7 Å². The van der Waals surface area contributed by atoms with Crippen LogP contribution in [0.1, 0.15) is 38.2 Å². The summed E-state index contributed by atoms with van der Waals surface area (Å²) in [6, 6.07) is 3.82. The third-order valence-electron chi connectivity index (χ3n) is 5.64. The molecule has 2 fully saturated rings. The zero-order valence-electron chi connectivity index (χ0n) is 15.7. The lowest BCUT2D eigenvalue weighted by Crippen LogP contribution is -2.47. The average molecular weight is 358 g/mol. The van der Waals surface area contributed by atoms with Gasteiger partial charge in [-0.05, 0) is 56.3 Å². The molecule has 0 bridgehead atoms. The van der Waals surface area contributed by atoms with Crippen molar-refractivity contribution in [3.8, 4) is 0 Å². The van der Waals surface area contributed by atoms with E-state index in [4.69, 9.17) is 0 Å². The van der Waals surface area contributed by atoms with Crippen molar-refractivity contribution >= 4 is 11.8 Å². The fraction of sp³-hybridized carbons (Fsp3) is 0.650. The van der Waals surface area contributed by atoms with E-state index >= 15 is 0 Å². The lowest BCUT2D eigenvalue weighted by atomic mass is 9.95. The minimum Gasteiger partial charge on any atom is -0.352 e. The van der Waals surface area contributed by atoms with Crippen molar-refractivity contribution in [2.24, 2.45) is 11.8 Å². The number of hydrogen-bond acceptors (Lipinski definition) is 4. The van der Waals surface area contributed by atoms with Crippen LogP contribution in [-0.4, -0.2) is 59.3 Å². The molecular formula is C20H30N4O2. The number of pyridine rings is 1. The fourth-order valence-electron chi connectivity index (χ4n) is 3.74. The van der Waals surface area contributed by atoms with Gasteiger partial charge in [0.15, 0.2) is 0 Å². The van der Waals surface area contributed by atoms with Crippen molar-refractivity contribution in [3.05, 3.63) is 30.1 Å². The van der Waals surface area contributed by atoms with Gasteiger partial charge in [0.2, 0.25) is 11.8 Å². The summed E-state index contributed by atoms with van der Waals surface area (Å²) in [6.07, 6.45) is 7.37. The van der Waals surface area contributed by atoms with Crippen molar-refractivity contribution < 1.29 is 9.59 Å². The molecule has 3 heterocycles. The normalized spacial score (nSPS) is 20.1. The first-order valence-corrected chi connectivity index (χ1v) is 9.78. The third kappa shape index (κ3) is 5.27. The van der Waals surface area contributed by atoms with E-state index in [1.165, 1.54) is 12.8 Å². The van der Waals surface area contributed by atoms with Gasteiger partial charge in [-0.2, -0.15) is 0 Å². The zero-order chi connectivity index (χ0) is 18.4. The Bertz CT molecular complexity index is 591. The zero-order valence-corrected chi connectivity index (χ0v) is 15.7. The second-order valence-electron chi connectivity index (χ2n) is 7.69. The van der Waals surface area contributed by atoms with Gasteiger partial charge in [-0.25, -0.2) is 0 Å². The van der Waals surface area contributed by atoms with E-state index in [1.807, 2.05) is 17.0 Å². The van der Waals surface area contributed by atoms with Gasteiger partial charge >= 0.3 is 0 Å². The summed E-state index contributed by atoms with van der Waals surface area (Å²) >= 11 is 0. The number of nitrogens with one attached hydrogen (secondary N) is 1. The predicted molar refractivity (Wildman–Crippen MR) is 100 cm³/mol. The van der Waals surface area contributed by atoms with E-state index in [0.29, 0.717) is 26.2 Å². The highest BCUT2D eigenvalue weighted by Crippen LogP contribution is 2.19. The van der Waals surface area contributed by atoms with Crippen molar-refractivity contribution in [2.45, 2.75) is 39.2 Å². The van der Waals surface area contributed by atoms with Gasteiger partial charge in [-0.3, -0.25) is 19.5 Å². The largest absolute Gasteiger partial charge is 0.352 e. The molecule has 0 aliphatic carbocycles. The summed E-state index contributed by atoms with van der Waals surface area (Å²) in [7, 11) is 0. The molecule has 0 spiro atoms. The highest BCUT2D eigenvalue weighted by Gasteiger charge is 2.28. The molecule has 26 heavy (non-hydrogen) atoms. The molecule has 0 unspecified atom stereocenters. The summed E-state index contributed by atoms with van der Waals surface area (Å²) in [4.78, 5) is 33.1. The molecule has 0 atom stereocenters. The van der Waals surface area contributed by atoms with Gasteiger partial charge in [0.25, 0.3) is 0 Å². The van der Waals surface area contributed by atoms with Crippen molar-refractivity contribution in [3.63, 3.8) is 0 Å². The molecule has 2 aliphatic heterocycles. The van der Waals surface area contributed by atoms with Crippen molar-refractivity contribution in [1.82, 2.24) is 20.1 Å². The van der Waals surface area contributed by atoms with Gasteiger partial charge in [0.1, 0.15) is 0 Å². The molecular weight excluding hydrogens is 328 g/mol. The number of aromatic nitrogens is 1. The summed E-state index contributed by atoms with van der Waals surface area (Å²) in [5, 5.41) is 2.99. The second-order valence-corrected chi connectivity index (χ2v) is 7.69. The first-order chi connectivity index (χ1) is 12.6. The van der Waals surface area contributed by atoms with Crippen LogP contribution in [0.3, 0.4) is 0 Å². The van der Waals surface area contributed by atoms with Gasteiger partial charge in [0.05, 0.1) is 6.54 Å². The monoisotopic (exact) mass is 358 g/mol. The van der Waals surface area contributed by atoms with Crippen LogP contribution >= 0.6 is 0 Å². The minimum atomic E-state index is 0.00607. The highest BCUT2D eigenvalue weighted by molar-refractivity contribution is 5.80. The number of likely N-dealkylation sites (tertiary alicyclic amines) is 2. The molecule has 2 aliphatic rings. The third-order valence-corrected chi connectivity index (χ3v) is 5.64. The van der Waals surface area contributed by atoms with Crippen LogP contribution in [0.4, 0.5) is 0 Å². The summed E-state index contributed by atoms with van der Waals surface area (Å²) < 4.78 is 0. The first-order valence-electron chi connectivity index (χ1n) is 9.78. The van der Waals surface area contributed by atoms with Gasteiger partial charge in [-0.15, -0.1) is 0 Å². The summed E-state index contributed by atoms with van der Waals surface area (Å²) in [5.41, 5.74) is 1.00. The smallest absolute Gasteiger partial charge is 0.236 e. The Hall–Kier alpha value is -1.95. The lowest BCUT2D eigenvalue weighted by Gasteiger charge is -2.35. The van der Waals surface area contributed by atoms with Crippen LogP contribution in [0.2, 0.25) is 0 Å². The van der Waals surface area contributed by atoms with Crippen LogP contribution < -0.4 is 5.32 Å². The lowest BCUT2D eigenvalue weighted by molar-refractivity contribution is -0.136. The van der Waals surface area contributed by atoms with E-state index in [0.717, 1.165) is 37.4 Å². The van der Waals surface area contributed by atoms with E-state index < -0.39 is 0 Å². The van der Waals surface area contributed by atoms with E-state index in [1.54, 1.807) is 12.4 Å². The van der Waals surface area contributed by atoms with Crippen molar-refractivity contribution in [2.75, 3.05) is 32.7 Å². The Morgan fingerprint density at radius 2 is 1.88 bits per heavy atom. The van der Waals surface area contributed by atoms with Crippen LogP contribution in [0.15, 0.2) is 24.5 Å². The number of nitrogens with zero attached hydrogens (tertiary/aromatic N) is 3. The summed E-state index contributed by atoms with van der Waals surface area (Å²) in [5.74, 6) is 1.09. The van der Waals surface area contributed by atoms with E-state index in [9.17, 15) is 9.59 Å². The molecule has 0 aromatic carbocycles. The van der Waals surface area contributed by atoms with Gasteiger partial charge in [0, 0.05) is 37.9 Å². The number of rotatable bonds is 5. The molecule has 0 saturated carbocycles. The Kier molecular flexibility index (Phi) is 6.61.